The maximum Gasteiger partial charge on any atom is 0.256 e. The SMILES string of the molecule is COc1cc(-c2cn(C)c(=O)c3c2C=NC3)cc(OC)c1CNCC(=O)N1CCC(c2ccc(CC3CCC(=O)NC3=O)cc2)CC1. The van der Waals surface area contributed by atoms with Crippen molar-refractivity contribution in [2.24, 2.45) is 18.0 Å². The summed E-state index contributed by atoms with van der Waals surface area (Å²) in [5, 5.41) is 5.73. The molecule has 0 aliphatic carbocycles. The maximum atomic E-state index is 13.1. The third-order valence-electron chi connectivity index (χ3n) is 9.62. The van der Waals surface area contributed by atoms with Gasteiger partial charge in [0.15, 0.2) is 0 Å². The first-order chi connectivity index (χ1) is 22.7. The highest BCUT2D eigenvalue weighted by molar-refractivity contribution is 5.98. The van der Waals surface area contributed by atoms with Gasteiger partial charge < -0.3 is 24.3 Å². The summed E-state index contributed by atoms with van der Waals surface area (Å²) in [4.78, 5) is 55.5. The standard InChI is InChI=1S/C36H41N5O6/c1-40-21-30(27-17-37-18-28(27)36(40)45)26-15-31(46-2)29(32(16-26)47-3)19-38-20-34(43)41-12-10-24(11-13-41)23-6-4-22(5-7-23)14-25-8-9-33(42)39-35(25)44/h4-7,15-17,21,24-25,38H,8-14,18-20H2,1-3H3,(H,39,42,44). The minimum Gasteiger partial charge on any atom is -0.496 e. The Morgan fingerprint density at radius 1 is 1.02 bits per heavy atom. The average Bonchev–Trinajstić information content (AvgIpc) is 3.58. The molecule has 2 N–H and O–H groups in total. The van der Waals surface area contributed by atoms with Crippen molar-refractivity contribution in [1.82, 2.24) is 20.1 Å². The Bertz CT molecular complexity index is 1750. The van der Waals surface area contributed by atoms with Gasteiger partial charge in [-0.05, 0) is 60.4 Å². The van der Waals surface area contributed by atoms with Crippen LogP contribution in [0.5, 0.6) is 11.5 Å². The second-order valence-corrected chi connectivity index (χ2v) is 12.5. The van der Waals surface area contributed by atoms with Gasteiger partial charge >= 0.3 is 0 Å². The Morgan fingerprint density at radius 3 is 2.38 bits per heavy atom. The molecule has 11 nitrogen and oxygen atoms in total. The van der Waals surface area contributed by atoms with Crippen LogP contribution in [0.15, 0.2) is 52.4 Å². The molecule has 1 atom stereocenters. The number of aromatic nitrogens is 1. The number of fused-ring (bicyclic) bond motifs is 1. The van der Waals surface area contributed by atoms with Crippen LogP contribution in [0.25, 0.3) is 11.1 Å². The first kappa shape index (κ1) is 32.2. The van der Waals surface area contributed by atoms with Gasteiger partial charge in [0.25, 0.3) is 5.56 Å². The number of carbonyl (C=O) groups is 3. The van der Waals surface area contributed by atoms with Crippen LogP contribution in [0.4, 0.5) is 0 Å². The van der Waals surface area contributed by atoms with Crippen LogP contribution < -0.4 is 25.7 Å². The van der Waals surface area contributed by atoms with E-state index in [9.17, 15) is 19.2 Å². The van der Waals surface area contributed by atoms with Crippen LogP contribution >= 0.6 is 0 Å². The summed E-state index contributed by atoms with van der Waals surface area (Å²) in [5.74, 6) is 1.16. The zero-order valence-electron chi connectivity index (χ0n) is 27.1. The molecule has 1 unspecified atom stereocenters. The van der Waals surface area contributed by atoms with E-state index in [4.69, 9.17) is 9.47 Å². The number of carbonyl (C=O) groups excluding carboxylic acids is 3. The van der Waals surface area contributed by atoms with Gasteiger partial charge in [-0.3, -0.25) is 29.5 Å². The van der Waals surface area contributed by atoms with Gasteiger partial charge in [0.1, 0.15) is 11.5 Å². The van der Waals surface area contributed by atoms with E-state index >= 15 is 0 Å². The number of hydrogen-bond acceptors (Lipinski definition) is 8. The summed E-state index contributed by atoms with van der Waals surface area (Å²) < 4.78 is 13.1. The zero-order chi connectivity index (χ0) is 33.1. The molecule has 0 radical (unpaired) electrons. The number of amides is 3. The number of benzene rings is 2. The largest absolute Gasteiger partial charge is 0.496 e. The lowest BCUT2D eigenvalue weighted by atomic mass is 9.87. The molecule has 3 amide bonds. The molecule has 11 heteroatoms. The molecule has 1 aromatic heterocycles. The minimum atomic E-state index is -0.188. The molecule has 2 aromatic carbocycles. The summed E-state index contributed by atoms with van der Waals surface area (Å²) in [5.41, 5.74) is 6.32. The summed E-state index contributed by atoms with van der Waals surface area (Å²) >= 11 is 0. The predicted octanol–water partition coefficient (Wildman–Crippen LogP) is 3.09. The predicted molar refractivity (Wildman–Crippen MR) is 178 cm³/mol. The second kappa shape index (κ2) is 13.9. The Labute approximate surface area is 274 Å². The van der Waals surface area contributed by atoms with E-state index in [1.54, 1.807) is 32.0 Å². The molecule has 2 fully saturated rings. The van der Waals surface area contributed by atoms with Crippen LogP contribution in [0.3, 0.4) is 0 Å². The number of hydrogen-bond donors (Lipinski definition) is 2. The molecule has 246 valence electrons. The van der Waals surface area contributed by atoms with Gasteiger partial charge in [0, 0.05) is 73.7 Å². The van der Waals surface area contributed by atoms with Crippen molar-refractivity contribution >= 4 is 23.9 Å². The fourth-order valence-corrected chi connectivity index (χ4v) is 6.90. The number of piperidine rings is 2. The quantitative estimate of drug-likeness (QED) is 0.326. The van der Waals surface area contributed by atoms with Crippen LogP contribution in [0.2, 0.25) is 0 Å². The van der Waals surface area contributed by atoms with Crippen LogP contribution in [-0.4, -0.2) is 67.3 Å². The van der Waals surface area contributed by atoms with E-state index in [0.717, 1.165) is 40.7 Å². The first-order valence-corrected chi connectivity index (χ1v) is 16.1. The minimum absolute atomic E-state index is 0.0485. The number of pyridine rings is 1. The van der Waals surface area contributed by atoms with Gasteiger partial charge in [-0.15, -0.1) is 0 Å². The van der Waals surface area contributed by atoms with Crippen molar-refractivity contribution in [2.75, 3.05) is 33.9 Å². The van der Waals surface area contributed by atoms with Crippen molar-refractivity contribution in [2.45, 2.75) is 51.1 Å². The summed E-state index contributed by atoms with van der Waals surface area (Å²) in [7, 11) is 4.95. The highest BCUT2D eigenvalue weighted by Crippen LogP contribution is 2.37. The Morgan fingerprint density at radius 2 is 1.72 bits per heavy atom. The van der Waals surface area contributed by atoms with Gasteiger partial charge in [-0.1, -0.05) is 24.3 Å². The van der Waals surface area contributed by atoms with E-state index in [1.165, 1.54) is 5.56 Å². The van der Waals surface area contributed by atoms with E-state index in [0.29, 0.717) is 68.4 Å². The van der Waals surface area contributed by atoms with Crippen molar-refractivity contribution in [3.8, 4) is 22.6 Å². The van der Waals surface area contributed by atoms with E-state index in [2.05, 4.69) is 39.9 Å². The fourth-order valence-electron chi connectivity index (χ4n) is 6.90. The molecule has 3 aliphatic rings. The van der Waals surface area contributed by atoms with E-state index in [1.807, 2.05) is 23.2 Å². The van der Waals surface area contributed by atoms with E-state index < -0.39 is 0 Å². The van der Waals surface area contributed by atoms with Gasteiger partial charge in [0.05, 0.1) is 27.3 Å². The van der Waals surface area contributed by atoms with Crippen LogP contribution in [0, 0.1) is 5.92 Å². The number of methoxy groups -OCH3 is 2. The van der Waals surface area contributed by atoms with E-state index in [-0.39, 0.29) is 35.7 Å². The third-order valence-corrected chi connectivity index (χ3v) is 9.62. The number of aryl methyl sites for hydroxylation is 1. The van der Waals surface area contributed by atoms with Crippen molar-refractivity contribution < 1.29 is 23.9 Å². The molecule has 0 bridgehead atoms. The summed E-state index contributed by atoms with van der Waals surface area (Å²) in [6.07, 6.45) is 6.96. The average molecular weight is 640 g/mol. The normalized spacial score (nSPS) is 17.9. The maximum absolute atomic E-state index is 13.1. The fraction of sp³-hybridized carbons (Fsp3) is 0.417. The number of imide groups is 1. The van der Waals surface area contributed by atoms with Crippen molar-refractivity contribution in [3.05, 3.63) is 80.8 Å². The first-order valence-electron chi connectivity index (χ1n) is 16.1. The molecule has 3 aliphatic heterocycles. The lowest BCUT2D eigenvalue weighted by Crippen LogP contribution is -2.42. The number of ether oxygens (including phenoxy) is 2. The monoisotopic (exact) mass is 639 g/mol. The lowest BCUT2D eigenvalue weighted by molar-refractivity contribution is -0.136. The zero-order valence-corrected chi connectivity index (χ0v) is 27.1. The Balaban J connectivity index is 1.03. The van der Waals surface area contributed by atoms with Crippen LogP contribution in [-0.2, 0) is 40.9 Å². The molecular weight excluding hydrogens is 598 g/mol. The summed E-state index contributed by atoms with van der Waals surface area (Å²) in [6, 6.07) is 12.3. The summed E-state index contributed by atoms with van der Waals surface area (Å²) in [6.45, 7) is 2.33. The van der Waals surface area contributed by atoms with Gasteiger partial charge in [-0.25, -0.2) is 0 Å². The second-order valence-electron chi connectivity index (χ2n) is 12.5. The Hall–Kier alpha value is -4.77. The molecule has 2 saturated heterocycles. The molecular formula is C36H41N5O6. The third kappa shape index (κ3) is 6.85. The number of rotatable bonds is 10. The number of likely N-dealkylation sites (tertiary alicyclic amines) is 1. The molecule has 0 saturated carbocycles. The number of aliphatic imine (C=N–C) groups is 1. The smallest absolute Gasteiger partial charge is 0.256 e. The molecule has 3 aromatic rings. The van der Waals surface area contributed by atoms with Crippen LogP contribution in [0.1, 0.15) is 59.4 Å². The molecule has 6 rings (SSSR count). The molecule has 47 heavy (non-hydrogen) atoms. The number of nitrogens with zero attached hydrogens (tertiary/aromatic N) is 3. The highest BCUT2D eigenvalue weighted by Gasteiger charge is 2.28. The lowest BCUT2D eigenvalue weighted by Gasteiger charge is -2.32. The van der Waals surface area contributed by atoms with Gasteiger partial charge in [0.2, 0.25) is 17.7 Å². The topological polar surface area (TPSA) is 131 Å². The number of nitrogens with one attached hydrogen (secondary N) is 2. The van der Waals surface area contributed by atoms with Crippen molar-refractivity contribution in [1.29, 1.82) is 0 Å². The molecule has 4 heterocycles. The Kier molecular flexibility index (Phi) is 9.53. The molecule has 0 spiro atoms. The highest BCUT2D eigenvalue weighted by atomic mass is 16.5. The van der Waals surface area contributed by atoms with Crippen molar-refractivity contribution in [3.63, 3.8) is 0 Å². The van der Waals surface area contributed by atoms with Gasteiger partial charge in [-0.2, -0.15) is 0 Å².